The molecule has 0 aliphatic heterocycles. The summed E-state index contributed by atoms with van der Waals surface area (Å²) in [4.78, 5) is 50.7. The van der Waals surface area contributed by atoms with Gasteiger partial charge in [-0.2, -0.15) is 0 Å². The van der Waals surface area contributed by atoms with Gasteiger partial charge in [-0.15, -0.1) is 0 Å². The second-order valence-corrected chi connectivity index (χ2v) is 7.88. The van der Waals surface area contributed by atoms with Gasteiger partial charge in [0, 0.05) is 16.7 Å². The number of benzene rings is 2. The highest BCUT2D eigenvalue weighted by Gasteiger charge is 2.30. The summed E-state index contributed by atoms with van der Waals surface area (Å²) in [6, 6.07) is 11.7. The van der Waals surface area contributed by atoms with Crippen LogP contribution < -0.4 is 9.74 Å². The van der Waals surface area contributed by atoms with Crippen molar-refractivity contribution in [2.24, 2.45) is 0 Å². The molecule has 1 N–H and O–H groups in total. The van der Waals surface area contributed by atoms with Crippen LogP contribution >= 0.6 is 0 Å². The van der Waals surface area contributed by atoms with Crippen molar-refractivity contribution in [2.45, 2.75) is 46.5 Å². The minimum absolute atomic E-state index is 0.00630. The molecule has 0 fully saturated rings. The Kier molecular flexibility index (Phi) is 6.53. The molecule has 3 rings (SSSR count). The van der Waals surface area contributed by atoms with E-state index in [1.54, 1.807) is 12.1 Å². The second-order valence-electron chi connectivity index (χ2n) is 7.88. The number of Topliss-reactive ketones (excluding diaryl/α,β-unsaturated/α-hetero) is 2. The van der Waals surface area contributed by atoms with Crippen LogP contribution in [0.1, 0.15) is 60.4 Å². The van der Waals surface area contributed by atoms with E-state index in [9.17, 15) is 24.5 Å². The minimum Gasteiger partial charge on any atom is -0.805 e. The molecule has 1 heterocycles. The Balaban J connectivity index is 1.89. The number of hydrogen-bond donors (Lipinski definition) is 1. The van der Waals surface area contributed by atoms with Gasteiger partial charge in [0.15, 0.2) is 0 Å². The number of nitrogens with zero attached hydrogens (tertiary/aromatic N) is 2. The normalized spacial score (nSPS) is 11.0. The number of hydrogen-bond acceptors (Lipinski definition) is 5. The molecule has 0 aliphatic rings. The summed E-state index contributed by atoms with van der Waals surface area (Å²) < 4.78 is 0.823. The number of carbonyl (C=O) groups excluding carboxylic acids is 3. The van der Waals surface area contributed by atoms with Crippen LogP contribution in [0.5, 0.6) is 0 Å². The van der Waals surface area contributed by atoms with Crippen molar-refractivity contribution < 1.29 is 18.8 Å². The Morgan fingerprint density at radius 3 is 2.44 bits per heavy atom. The van der Waals surface area contributed by atoms with E-state index in [-0.39, 0.29) is 22.6 Å². The summed E-state index contributed by atoms with van der Waals surface area (Å²) in [5.74, 6) is -2.70. The summed E-state index contributed by atoms with van der Waals surface area (Å²) >= 11 is 0. The van der Waals surface area contributed by atoms with Gasteiger partial charge in [-0.3, -0.25) is 14.4 Å². The van der Waals surface area contributed by atoms with Gasteiger partial charge in [0.1, 0.15) is 5.52 Å². The number of para-hydroxylation sites is 3. The Bertz CT molecular complexity index is 1290. The SMILES string of the molecule is CCc1cccc(C(C)C)c1NC(=O)C(=O)CC(=O)c1c(C)n([O-])c2ccccc2[n+]1=O. The van der Waals surface area contributed by atoms with Crippen LogP contribution in [0.15, 0.2) is 42.5 Å². The maximum Gasteiger partial charge on any atom is 0.325 e. The first-order valence-corrected chi connectivity index (χ1v) is 10.4. The van der Waals surface area contributed by atoms with Gasteiger partial charge in [0.05, 0.1) is 16.5 Å². The first-order valence-electron chi connectivity index (χ1n) is 10.4. The Hall–Kier alpha value is -3.81. The quantitative estimate of drug-likeness (QED) is 0.263. The molecule has 0 saturated carbocycles. The van der Waals surface area contributed by atoms with E-state index in [1.165, 1.54) is 19.1 Å². The Labute approximate surface area is 185 Å². The summed E-state index contributed by atoms with van der Waals surface area (Å²) in [6.07, 6.45) is -0.169. The third kappa shape index (κ3) is 4.16. The van der Waals surface area contributed by atoms with Crippen molar-refractivity contribution in [1.29, 1.82) is 0 Å². The number of anilines is 1. The molecule has 8 nitrogen and oxygen atoms in total. The number of aromatic nitrogens is 2. The van der Waals surface area contributed by atoms with E-state index in [1.807, 2.05) is 39.0 Å². The molecular weight excluding hydrogens is 410 g/mol. The van der Waals surface area contributed by atoms with E-state index in [2.05, 4.69) is 5.32 Å². The highest BCUT2D eigenvalue weighted by atomic mass is 16.5. The topological polar surface area (TPSA) is 114 Å². The van der Waals surface area contributed by atoms with E-state index >= 15 is 0 Å². The van der Waals surface area contributed by atoms with E-state index in [0.717, 1.165) is 11.1 Å². The fraction of sp³-hybridized carbons (Fsp3) is 0.292. The zero-order valence-corrected chi connectivity index (χ0v) is 18.5. The predicted octanol–water partition coefficient (Wildman–Crippen LogP) is 3.68. The molecule has 3 aromatic rings. The van der Waals surface area contributed by atoms with E-state index in [0.29, 0.717) is 21.3 Å². The van der Waals surface area contributed by atoms with Crippen molar-refractivity contribution in [2.75, 3.05) is 5.32 Å². The lowest BCUT2D eigenvalue weighted by molar-refractivity contribution is -0.468. The van der Waals surface area contributed by atoms with Crippen LogP contribution in [0.3, 0.4) is 0 Å². The Morgan fingerprint density at radius 1 is 1.09 bits per heavy atom. The van der Waals surface area contributed by atoms with Crippen LogP contribution in [-0.4, -0.2) is 22.2 Å². The molecule has 0 saturated heterocycles. The molecule has 2 aromatic carbocycles. The van der Waals surface area contributed by atoms with Crippen LogP contribution in [0.2, 0.25) is 0 Å². The molecule has 0 spiro atoms. The average Bonchev–Trinajstić information content (AvgIpc) is 2.77. The summed E-state index contributed by atoms with van der Waals surface area (Å²) in [6.45, 7) is 7.22. The molecule has 8 heteroatoms. The van der Waals surface area contributed by atoms with Crippen molar-refractivity contribution in [3.05, 3.63) is 75.1 Å². The van der Waals surface area contributed by atoms with Crippen LogP contribution in [0.25, 0.3) is 11.0 Å². The van der Waals surface area contributed by atoms with E-state index < -0.39 is 29.6 Å². The van der Waals surface area contributed by atoms with E-state index in [4.69, 9.17) is 0 Å². The van der Waals surface area contributed by atoms with Gasteiger partial charge < -0.3 is 15.3 Å². The van der Waals surface area contributed by atoms with Crippen molar-refractivity contribution >= 4 is 34.2 Å². The number of nitrogens with one attached hydrogen (secondary N) is 1. The molecular formula is C24H25N3O5. The number of carbonyl (C=O) groups is 3. The molecule has 1 amide bonds. The molecule has 32 heavy (non-hydrogen) atoms. The van der Waals surface area contributed by atoms with Crippen LogP contribution in [0, 0.1) is 17.0 Å². The van der Waals surface area contributed by atoms with Gasteiger partial charge in [0.2, 0.25) is 11.6 Å². The van der Waals surface area contributed by atoms with Gasteiger partial charge in [-0.25, -0.2) is 0 Å². The van der Waals surface area contributed by atoms with Gasteiger partial charge in [0.25, 0.3) is 11.4 Å². The third-order valence-corrected chi connectivity index (χ3v) is 5.43. The van der Waals surface area contributed by atoms with Crippen LogP contribution in [-0.2, 0) is 16.0 Å². The number of aryl methyl sites for hydroxylation is 1. The first kappa shape index (κ1) is 22.9. The lowest BCUT2D eigenvalue weighted by atomic mass is 9.96. The number of rotatable bonds is 7. The molecule has 0 bridgehead atoms. The average molecular weight is 435 g/mol. The zero-order valence-electron chi connectivity index (χ0n) is 18.5. The minimum atomic E-state index is -0.986. The summed E-state index contributed by atoms with van der Waals surface area (Å²) in [5, 5.41) is 15.1. The highest BCUT2D eigenvalue weighted by molar-refractivity contribution is 6.44. The second kappa shape index (κ2) is 9.13. The molecule has 0 radical (unpaired) electrons. The van der Waals surface area contributed by atoms with Gasteiger partial charge >= 0.3 is 5.69 Å². The summed E-state index contributed by atoms with van der Waals surface area (Å²) in [5.41, 5.74) is 1.86. The Morgan fingerprint density at radius 2 is 1.78 bits per heavy atom. The monoisotopic (exact) mass is 435 g/mol. The van der Waals surface area contributed by atoms with Gasteiger partial charge in [-0.05, 0) is 36.5 Å². The largest absolute Gasteiger partial charge is 0.805 e. The van der Waals surface area contributed by atoms with Crippen molar-refractivity contribution in [1.82, 2.24) is 4.73 Å². The number of amides is 1. The molecule has 0 unspecified atom stereocenters. The lowest BCUT2D eigenvalue weighted by Gasteiger charge is -2.17. The van der Waals surface area contributed by atoms with Crippen molar-refractivity contribution in [3.8, 4) is 0 Å². The predicted molar refractivity (Wildman–Crippen MR) is 121 cm³/mol. The third-order valence-electron chi connectivity index (χ3n) is 5.43. The van der Waals surface area contributed by atoms with Gasteiger partial charge in [-0.1, -0.05) is 51.1 Å². The molecule has 0 aliphatic carbocycles. The fourth-order valence-electron chi connectivity index (χ4n) is 3.71. The molecule has 166 valence electrons. The fourth-order valence-corrected chi connectivity index (χ4v) is 3.71. The van der Waals surface area contributed by atoms with Crippen LogP contribution in [0.4, 0.5) is 5.69 Å². The maximum absolute atomic E-state index is 12.8. The highest BCUT2D eigenvalue weighted by Crippen LogP contribution is 2.28. The number of fused-ring (bicyclic) bond motifs is 1. The molecule has 0 atom stereocenters. The maximum atomic E-state index is 12.8. The first-order chi connectivity index (χ1) is 15.2. The summed E-state index contributed by atoms with van der Waals surface area (Å²) in [7, 11) is 0. The lowest BCUT2D eigenvalue weighted by Crippen LogP contribution is -2.33. The molecule has 1 aromatic heterocycles. The smallest absolute Gasteiger partial charge is 0.325 e. The van der Waals surface area contributed by atoms with Crippen molar-refractivity contribution in [3.63, 3.8) is 0 Å². The standard InChI is InChI=1S/C24H25N3O5/c1-5-16-9-8-10-17(14(2)3)22(16)25-24(30)21(29)13-20(28)23-15(4)26(31)18-11-6-7-12-19(18)27(23)32/h6-12,14H,5,13H2,1-4H3,(H,25,30). The number of ketones is 2. The zero-order chi connectivity index (χ0) is 23.6.